The van der Waals surface area contributed by atoms with Crippen molar-refractivity contribution in [2.24, 2.45) is 0 Å². The number of benzene rings is 2. The van der Waals surface area contributed by atoms with Crippen LogP contribution in [-0.2, 0) is 11.2 Å². The van der Waals surface area contributed by atoms with Crippen molar-refractivity contribution in [2.45, 2.75) is 12.8 Å². The molecule has 2 rings (SSSR count). The first-order chi connectivity index (χ1) is 10.7. The van der Waals surface area contributed by atoms with Gasteiger partial charge in [-0.25, -0.2) is 8.78 Å². The summed E-state index contributed by atoms with van der Waals surface area (Å²) < 4.78 is 26.7. The molecular weight excluding hydrogens is 286 g/mol. The van der Waals surface area contributed by atoms with Gasteiger partial charge in [-0.3, -0.25) is 4.79 Å². The lowest BCUT2D eigenvalue weighted by Crippen LogP contribution is -2.29. The molecule has 2 aromatic rings. The fourth-order valence-corrected chi connectivity index (χ4v) is 2.06. The lowest BCUT2D eigenvalue weighted by atomic mass is 10.1. The van der Waals surface area contributed by atoms with Gasteiger partial charge in [0.05, 0.1) is 6.54 Å². The van der Waals surface area contributed by atoms with Crippen LogP contribution in [0.1, 0.15) is 12.0 Å². The summed E-state index contributed by atoms with van der Waals surface area (Å²) in [5.74, 6) is -2.03. The Bertz CT molecular complexity index is 597. The Kier molecular flexibility index (Phi) is 6.03. The summed E-state index contributed by atoms with van der Waals surface area (Å²) in [5.41, 5.74) is 0.834. The zero-order valence-electron chi connectivity index (χ0n) is 12.1. The molecule has 22 heavy (non-hydrogen) atoms. The van der Waals surface area contributed by atoms with E-state index in [0.717, 1.165) is 25.0 Å². The Labute approximate surface area is 128 Å². The highest BCUT2D eigenvalue weighted by Gasteiger charge is 2.11. The molecule has 116 valence electrons. The van der Waals surface area contributed by atoms with E-state index in [4.69, 9.17) is 0 Å². The maximum Gasteiger partial charge on any atom is 0.238 e. The third-order valence-corrected chi connectivity index (χ3v) is 3.17. The lowest BCUT2D eigenvalue weighted by molar-refractivity contribution is -0.115. The van der Waals surface area contributed by atoms with Gasteiger partial charge in [-0.2, -0.15) is 0 Å². The highest BCUT2D eigenvalue weighted by Crippen LogP contribution is 2.17. The third kappa shape index (κ3) is 4.93. The van der Waals surface area contributed by atoms with E-state index in [0.29, 0.717) is 6.54 Å². The molecule has 2 N–H and O–H groups in total. The van der Waals surface area contributed by atoms with E-state index < -0.39 is 23.2 Å². The molecule has 0 spiro atoms. The molecule has 0 aliphatic rings. The number of rotatable bonds is 7. The first-order valence-electron chi connectivity index (χ1n) is 7.15. The van der Waals surface area contributed by atoms with Gasteiger partial charge >= 0.3 is 0 Å². The molecule has 0 aliphatic heterocycles. The van der Waals surface area contributed by atoms with Crippen LogP contribution in [0.5, 0.6) is 0 Å². The van der Waals surface area contributed by atoms with Crippen molar-refractivity contribution in [3.05, 3.63) is 65.7 Å². The summed E-state index contributed by atoms with van der Waals surface area (Å²) in [6.07, 6.45) is 1.79. The summed E-state index contributed by atoms with van der Waals surface area (Å²) in [6.45, 7) is 0.671. The molecule has 0 saturated carbocycles. The lowest BCUT2D eigenvalue weighted by Gasteiger charge is -2.08. The van der Waals surface area contributed by atoms with E-state index >= 15 is 0 Å². The standard InChI is InChI=1S/C17H18F2N2O/c18-14-9-4-10-15(19)17(14)21-16(22)12-20-11-5-8-13-6-2-1-3-7-13/h1-4,6-7,9-10,20H,5,8,11-12H2,(H,21,22). The number of nitrogens with one attached hydrogen (secondary N) is 2. The van der Waals surface area contributed by atoms with Gasteiger partial charge in [0, 0.05) is 0 Å². The summed E-state index contributed by atoms with van der Waals surface area (Å²) in [7, 11) is 0. The summed E-state index contributed by atoms with van der Waals surface area (Å²) in [6, 6.07) is 13.5. The molecule has 0 radical (unpaired) electrons. The zero-order valence-corrected chi connectivity index (χ0v) is 12.1. The average molecular weight is 304 g/mol. The zero-order chi connectivity index (χ0) is 15.8. The molecule has 5 heteroatoms. The molecule has 0 heterocycles. The fourth-order valence-electron chi connectivity index (χ4n) is 2.06. The number of para-hydroxylation sites is 1. The maximum atomic E-state index is 13.4. The number of amides is 1. The van der Waals surface area contributed by atoms with Crippen molar-refractivity contribution >= 4 is 11.6 Å². The van der Waals surface area contributed by atoms with Crippen molar-refractivity contribution < 1.29 is 13.6 Å². The van der Waals surface area contributed by atoms with Gasteiger partial charge in [0.25, 0.3) is 0 Å². The summed E-state index contributed by atoms with van der Waals surface area (Å²) in [5, 5.41) is 5.19. The van der Waals surface area contributed by atoms with Crippen molar-refractivity contribution in [3.8, 4) is 0 Å². The Morgan fingerprint density at radius 3 is 2.32 bits per heavy atom. The Morgan fingerprint density at radius 1 is 0.955 bits per heavy atom. The van der Waals surface area contributed by atoms with Crippen LogP contribution in [0.4, 0.5) is 14.5 Å². The van der Waals surface area contributed by atoms with Gasteiger partial charge in [-0.15, -0.1) is 0 Å². The van der Waals surface area contributed by atoms with Gasteiger partial charge in [0.15, 0.2) is 0 Å². The second kappa shape index (κ2) is 8.24. The highest BCUT2D eigenvalue weighted by molar-refractivity contribution is 5.92. The van der Waals surface area contributed by atoms with Gasteiger partial charge in [-0.05, 0) is 37.1 Å². The molecule has 0 saturated heterocycles. The molecule has 1 amide bonds. The number of carbonyl (C=O) groups excluding carboxylic acids is 1. The van der Waals surface area contributed by atoms with Gasteiger partial charge in [0.1, 0.15) is 17.3 Å². The number of anilines is 1. The van der Waals surface area contributed by atoms with Crippen LogP contribution in [-0.4, -0.2) is 19.0 Å². The monoisotopic (exact) mass is 304 g/mol. The topological polar surface area (TPSA) is 41.1 Å². The Balaban J connectivity index is 1.68. The molecule has 0 bridgehead atoms. The van der Waals surface area contributed by atoms with E-state index in [1.807, 2.05) is 30.3 Å². The molecule has 0 unspecified atom stereocenters. The molecular formula is C17H18F2N2O. The van der Waals surface area contributed by atoms with Crippen LogP contribution in [0, 0.1) is 11.6 Å². The fraction of sp³-hybridized carbons (Fsp3) is 0.235. The smallest absolute Gasteiger partial charge is 0.238 e. The minimum Gasteiger partial charge on any atom is -0.320 e. The van der Waals surface area contributed by atoms with Crippen molar-refractivity contribution in [1.29, 1.82) is 0 Å². The number of hydrogen-bond donors (Lipinski definition) is 2. The summed E-state index contributed by atoms with van der Waals surface area (Å²) >= 11 is 0. The highest BCUT2D eigenvalue weighted by atomic mass is 19.1. The predicted molar refractivity (Wildman–Crippen MR) is 82.6 cm³/mol. The Hall–Kier alpha value is -2.27. The minimum absolute atomic E-state index is 0.0164. The summed E-state index contributed by atoms with van der Waals surface area (Å²) in [4.78, 5) is 11.6. The van der Waals surface area contributed by atoms with Gasteiger partial charge in [-0.1, -0.05) is 36.4 Å². The van der Waals surface area contributed by atoms with E-state index in [1.165, 1.54) is 11.6 Å². The predicted octanol–water partition coefficient (Wildman–Crippen LogP) is 3.13. The van der Waals surface area contributed by atoms with Gasteiger partial charge < -0.3 is 10.6 Å². The quantitative estimate of drug-likeness (QED) is 0.772. The number of carbonyl (C=O) groups is 1. The van der Waals surface area contributed by atoms with E-state index in [-0.39, 0.29) is 6.54 Å². The normalized spacial score (nSPS) is 10.5. The largest absolute Gasteiger partial charge is 0.320 e. The molecule has 0 atom stereocenters. The average Bonchev–Trinajstić information content (AvgIpc) is 2.52. The number of hydrogen-bond acceptors (Lipinski definition) is 2. The molecule has 3 nitrogen and oxygen atoms in total. The second-order valence-electron chi connectivity index (χ2n) is 4.91. The number of halogens is 2. The van der Waals surface area contributed by atoms with Gasteiger partial charge in [0.2, 0.25) is 5.91 Å². The first-order valence-corrected chi connectivity index (χ1v) is 7.15. The van der Waals surface area contributed by atoms with E-state index in [1.54, 1.807) is 0 Å². The van der Waals surface area contributed by atoms with Crippen LogP contribution < -0.4 is 10.6 Å². The van der Waals surface area contributed by atoms with Crippen molar-refractivity contribution in [2.75, 3.05) is 18.4 Å². The van der Waals surface area contributed by atoms with Crippen molar-refractivity contribution in [1.82, 2.24) is 5.32 Å². The molecule has 0 fully saturated rings. The van der Waals surface area contributed by atoms with Crippen LogP contribution in [0.25, 0.3) is 0 Å². The molecule has 0 aromatic heterocycles. The van der Waals surface area contributed by atoms with Crippen LogP contribution in [0.3, 0.4) is 0 Å². The first kappa shape index (κ1) is 16.1. The van der Waals surface area contributed by atoms with E-state index in [2.05, 4.69) is 10.6 Å². The van der Waals surface area contributed by atoms with E-state index in [9.17, 15) is 13.6 Å². The molecule has 2 aromatic carbocycles. The second-order valence-corrected chi connectivity index (χ2v) is 4.91. The van der Waals surface area contributed by atoms with Crippen LogP contribution in [0.15, 0.2) is 48.5 Å². The number of aryl methyl sites for hydroxylation is 1. The SMILES string of the molecule is O=C(CNCCCc1ccccc1)Nc1c(F)cccc1F. The third-order valence-electron chi connectivity index (χ3n) is 3.17. The Morgan fingerprint density at radius 2 is 1.64 bits per heavy atom. The van der Waals surface area contributed by atoms with Crippen molar-refractivity contribution in [3.63, 3.8) is 0 Å². The van der Waals surface area contributed by atoms with Crippen LogP contribution in [0.2, 0.25) is 0 Å². The minimum atomic E-state index is -0.780. The van der Waals surface area contributed by atoms with Crippen LogP contribution >= 0.6 is 0 Å². The maximum absolute atomic E-state index is 13.4. The molecule has 0 aliphatic carbocycles.